The fourth-order valence-electron chi connectivity index (χ4n) is 3.70. The van der Waals surface area contributed by atoms with Crippen LogP contribution in [0.2, 0.25) is 0 Å². The summed E-state index contributed by atoms with van der Waals surface area (Å²) in [7, 11) is 0. The SMILES string of the molecule is C#CCN1CCN(CC(=O)C(O)(c2ccccc2)C2CCC2)CC1.Cl.Cl. The zero-order chi connectivity index (χ0) is 17.0. The number of carbonyl (C=O) groups excluding carboxylic acids is 1. The molecule has 6 heteroatoms. The molecule has 1 saturated heterocycles. The molecule has 1 saturated carbocycles. The first-order valence-electron chi connectivity index (χ1n) is 8.84. The van der Waals surface area contributed by atoms with Crippen molar-refractivity contribution in [2.24, 2.45) is 5.92 Å². The van der Waals surface area contributed by atoms with Crippen molar-refractivity contribution in [1.82, 2.24) is 9.80 Å². The minimum Gasteiger partial charge on any atom is -0.377 e. The Kier molecular flexibility index (Phi) is 9.09. The normalized spacial score (nSPS) is 20.6. The van der Waals surface area contributed by atoms with Gasteiger partial charge in [-0.25, -0.2) is 0 Å². The van der Waals surface area contributed by atoms with E-state index in [0.717, 1.165) is 51.0 Å². The summed E-state index contributed by atoms with van der Waals surface area (Å²) in [5, 5.41) is 11.3. The van der Waals surface area contributed by atoms with Crippen LogP contribution in [0, 0.1) is 18.3 Å². The molecule has 1 aromatic rings. The molecule has 0 aromatic heterocycles. The summed E-state index contributed by atoms with van der Waals surface area (Å²) >= 11 is 0. The van der Waals surface area contributed by atoms with E-state index in [9.17, 15) is 9.90 Å². The van der Waals surface area contributed by atoms with Gasteiger partial charge in [0.15, 0.2) is 11.4 Å². The number of rotatable bonds is 6. The van der Waals surface area contributed by atoms with Gasteiger partial charge in [0.2, 0.25) is 0 Å². The first-order chi connectivity index (χ1) is 11.6. The molecule has 26 heavy (non-hydrogen) atoms. The van der Waals surface area contributed by atoms with Gasteiger partial charge in [-0.15, -0.1) is 31.2 Å². The standard InChI is InChI=1S/C20H26N2O2.2ClH/c1-2-11-21-12-14-22(15-13-21)16-19(23)20(24,18-9-6-10-18)17-7-4-3-5-8-17;;/h1,3-5,7-8,18,24H,6,9-16H2;2*1H. The highest BCUT2D eigenvalue weighted by Crippen LogP contribution is 2.43. The van der Waals surface area contributed by atoms with Gasteiger partial charge in [0.05, 0.1) is 13.1 Å². The van der Waals surface area contributed by atoms with Gasteiger partial charge in [0.25, 0.3) is 0 Å². The predicted molar refractivity (Wildman–Crippen MR) is 109 cm³/mol. The Labute approximate surface area is 168 Å². The van der Waals surface area contributed by atoms with Gasteiger partial charge in [0, 0.05) is 26.2 Å². The lowest BCUT2D eigenvalue weighted by molar-refractivity contribution is -0.151. The lowest BCUT2D eigenvalue weighted by atomic mass is 9.67. The lowest BCUT2D eigenvalue weighted by Crippen LogP contribution is -2.53. The van der Waals surface area contributed by atoms with Crippen LogP contribution in [0.15, 0.2) is 30.3 Å². The van der Waals surface area contributed by atoms with E-state index in [1.165, 1.54) is 0 Å². The van der Waals surface area contributed by atoms with Crippen molar-refractivity contribution >= 4 is 30.6 Å². The number of nitrogens with zero attached hydrogens (tertiary/aromatic N) is 2. The van der Waals surface area contributed by atoms with Gasteiger partial charge in [-0.1, -0.05) is 42.7 Å². The molecule has 0 amide bonds. The van der Waals surface area contributed by atoms with Crippen LogP contribution in [0.5, 0.6) is 0 Å². The molecule has 1 unspecified atom stereocenters. The number of halogens is 2. The van der Waals surface area contributed by atoms with Crippen molar-refractivity contribution < 1.29 is 9.90 Å². The summed E-state index contributed by atoms with van der Waals surface area (Å²) in [6.45, 7) is 4.38. The number of aliphatic hydroxyl groups is 1. The third-order valence-corrected chi connectivity index (χ3v) is 5.48. The molecule has 1 N–H and O–H groups in total. The highest BCUT2D eigenvalue weighted by Gasteiger charge is 2.47. The smallest absolute Gasteiger partial charge is 0.183 e. The van der Waals surface area contributed by atoms with Crippen LogP contribution in [0.1, 0.15) is 24.8 Å². The number of hydrogen-bond acceptors (Lipinski definition) is 4. The van der Waals surface area contributed by atoms with Gasteiger partial charge in [0.1, 0.15) is 0 Å². The number of ketones is 1. The molecule has 4 nitrogen and oxygen atoms in total. The second kappa shape index (κ2) is 10.3. The Morgan fingerprint density at radius 1 is 1.12 bits per heavy atom. The Morgan fingerprint density at radius 3 is 2.19 bits per heavy atom. The molecule has 1 heterocycles. The van der Waals surface area contributed by atoms with Crippen LogP contribution < -0.4 is 0 Å². The molecule has 1 aliphatic heterocycles. The molecule has 3 rings (SSSR count). The van der Waals surface area contributed by atoms with E-state index in [1.54, 1.807) is 0 Å². The van der Waals surface area contributed by atoms with Gasteiger partial charge >= 0.3 is 0 Å². The van der Waals surface area contributed by atoms with E-state index in [-0.39, 0.29) is 36.5 Å². The Hall–Kier alpha value is -1.09. The van der Waals surface area contributed by atoms with Crippen LogP contribution >= 0.6 is 24.8 Å². The van der Waals surface area contributed by atoms with E-state index in [2.05, 4.69) is 15.7 Å². The molecule has 0 radical (unpaired) electrons. The second-order valence-corrected chi connectivity index (χ2v) is 6.94. The van der Waals surface area contributed by atoms with Gasteiger partial charge < -0.3 is 5.11 Å². The van der Waals surface area contributed by atoms with Crippen molar-refractivity contribution in [3.05, 3.63) is 35.9 Å². The molecule has 0 spiro atoms. The van der Waals surface area contributed by atoms with Crippen molar-refractivity contribution in [2.75, 3.05) is 39.3 Å². The third kappa shape index (κ3) is 4.79. The minimum atomic E-state index is -1.34. The molecule has 1 atom stereocenters. The van der Waals surface area contributed by atoms with Crippen LogP contribution in [-0.4, -0.2) is 60.0 Å². The molecular weight excluding hydrogens is 371 g/mol. The van der Waals surface area contributed by atoms with Gasteiger partial charge in [-0.3, -0.25) is 14.6 Å². The first kappa shape index (κ1) is 23.0. The number of terminal acetylenes is 1. The summed E-state index contributed by atoms with van der Waals surface area (Å²) in [4.78, 5) is 17.4. The van der Waals surface area contributed by atoms with Crippen molar-refractivity contribution in [2.45, 2.75) is 24.9 Å². The topological polar surface area (TPSA) is 43.8 Å². The fraction of sp³-hybridized carbons (Fsp3) is 0.550. The molecule has 0 bridgehead atoms. The van der Waals surface area contributed by atoms with Gasteiger partial charge in [-0.05, 0) is 24.3 Å². The molecule has 1 aromatic carbocycles. The number of Topliss-reactive ketones (excluding diaryl/α,β-unsaturated/α-hetero) is 1. The maximum atomic E-state index is 13.0. The van der Waals surface area contributed by atoms with E-state index in [1.807, 2.05) is 30.3 Å². The number of piperazine rings is 1. The molecule has 2 aliphatic rings. The van der Waals surface area contributed by atoms with E-state index >= 15 is 0 Å². The molecule has 144 valence electrons. The first-order valence-corrected chi connectivity index (χ1v) is 8.84. The van der Waals surface area contributed by atoms with E-state index in [4.69, 9.17) is 6.42 Å². The minimum absolute atomic E-state index is 0. The summed E-state index contributed by atoms with van der Waals surface area (Å²) in [6, 6.07) is 9.46. The highest BCUT2D eigenvalue weighted by atomic mass is 35.5. The van der Waals surface area contributed by atoms with Crippen LogP contribution in [-0.2, 0) is 10.4 Å². The maximum absolute atomic E-state index is 13.0. The Morgan fingerprint density at radius 2 is 1.69 bits per heavy atom. The summed E-state index contributed by atoms with van der Waals surface area (Å²) in [5.74, 6) is 2.65. The second-order valence-electron chi connectivity index (χ2n) is 6.94. The molecular formula is C20H28Cl2N2O2. The average molecular weight is 399 g/mol. The zero-order valence-corrected chi connectivity index (χ0v) is 16.6. The number of hydrogen-bond donors (Lipinski definition) is 1. The monoisotopic (exact) mass is 398 g/mol. The van der Waals surface area contributed by atoms with Crippen molar-refractivity contribution in [3.63, 3.8) is 0 Å². The fourth-order valence-corrected chi connectivity index (χ4v) is 3.70. The number of benzene rings is 1. The molecule has 2 fully saturated rings. The summed E-state index contributed by atoms with van der Waals surface area (Å²) in [6.07, 6.45) is 8.30. The van der Waals surface area contributed by atoms with Crippen LogP contribution in [0.3, 0.4) is 0 Å². The largest absolute Gasteiger partial charge is 0.377 e. The van der Waals surface area contributed by atoms with Crippen molar-refractivity contribution in [3.8, 4) is 12.3 Å². The maximum Gasteiger partial charge on any atom is 0.183 e. The Balaban J connectivity index is 0.00000169. The highest BCUT2D eigenvalue weighted by molar-refractivity contribution is 5.90. The average Bonchev–Trinajstić information content (AvgIpc) is 2.56. The van der Waals surface area contributed by atoms with E-state index < -0.39 is 5.60 Å². The summed E-state index contributed by atoms with van der Waals surface area (Å²) in [5.41, 5.74) is -0.596. The quantitative estimate of drug-likeness (QED) is 0.746. The van der Waals surface area contributed by atoms with Crippen LogP contribution in [0.25, 0.3) is 0 Å². The van der Waals surface area contributed by atoms with Crippen LogP contribution in [0.4, 0.5) is 0 Å². The third-order valence-electron chi connectivity index (χ3n) is 5.48. The lowest BCUT2D eigenvalue weighted by Gasteiger charge is -2.42. The zero-order valence-electron chi connectivity index (χ0n) is 15.0. The number of carbonyl (C=O) groups is 1. The predicted octanol–water partition coefficient (Wildman–Crippen LogP) is 2.34. The van der Waals surface area contributed by atoms with E-state index in [0.29, 0.717) is 13.1 Å². The van der Waals surface area contributed by atoms with Crippen molar-refractivity contribution in [1.29, 1.82) is 0 Å². The molecule has 1 aliphatic carbocycles. The van der Waals surface area contributed by atoms with Gasteiger partial charge in [-0.2, -0.15) is 0 Å². The Bertz CT molecular complexity index is 608. The summed E-state index contributed by atoms with van der Waals surface area (Å²) < 4.78 is 0.